The van der Waals surface area contributed by atoms with Gasteiger partial charge in [0.25, 0.3) is 0 Å². The minimum Gasteiger partial charge on any atom is -0.414 e. The summed E-state index contributed by atoms with van der Waals surface area (Å²) in [4.78, 5) is 13.9. The van der Waals surface area contributed by atoms with Gasteiger partial charge in [0.15, 0.2) is 16.6 Å². The van der Waals surface area contributed by atoms with Crippen LogP contribution in [0.4, 0.5) is 0 Å². The standard InChI is InChI=1S/C38H68O4SSi2/c1-25(43-21-20-36(8,9)40)33-31(39)24-30-28-17-16-26-22-27(41-44(12,13)34(2,3)4)23-32(42-45(14,15)35(5,6)7)38(26,11)29(28)18-19-37(30,33)10/h16-17,25,27,29-30,32-33,40H,18-24H2,1-15H3/t25-,27+,29-,30-,32-,33-,37-,38-/m0/s1. The van der Waals surface area contributed by atoms with Crippen molar-refractivity contribution in [3.05, 3.63) is 23.3 Å². The van der Waals surface area contributed by atoms with E-state index in [1.807, 2.05) is 25.6 Å². The zero-order chi connectivity index (χ0) is 34.2. The van der Waals surface area contributed by atoms with Gasteiger partial charge < -0.3 is 14.0 Å². The van der Waals surface area contributed by atoms with Crippen molar-refractivity contribution in [3.8, 4) is 0 Å². The highest BCUT2D eigenvalue weighted by Gasteiger charge is 2.62. The average molecular weight is 677 g/mol. The van der Waals surface area contributed by atoms with Crippen LogP contribution in [-0.4, -0.2) is 56.3 Å². The van der Waals surface area contributed by atoms with E-state index in [4.69, 9.17) is 8.85 Å². The van der Waals surface area contributed by atoms with E-state index in [0.29, 0.717) is 24.0 Å². The minimum atomic E-state index is -2.07. The second-order valence-corrected chi connectivity index (χ2v) is 30.4. The Morgan fingerprint density at radius 3 is 2.07 bits per heavy atom. The van der Waals surface area contributed by atoms with E-state index in [0.717, 1.165) is 37.9 Å². The van der Waals surface area contributed by atoms with Crippen molar-refractivity contribution in [2.24, 2.45) is 28.6 Å². The molecule has 0 unspecified atom stereocenters. The van der Waals surface area contributed by atoms with Crippen LogP contribution in [0.1, 0.15) is 115 Å². The summed E-state index contributed by atoms with van der Waals surface area (Å²) < 4.78 is 14.6. The van der Waals surface area contributed by atoms with Crippen molar-refractivity contribution >= 4 is 34.2 Å². The molecular weight excluding hydrogens is 609 g/mol. The summed E-state index contributed by atoms with van der Waals surface area (Å²) in [7, 11) is -4.01. The van der Waals surface area contributed by atoms with Crippen LogP contribution in [0.2, 0.25) is 36.3 Å². The van der Waals surface area contributed by atoms with Gasteiger partial charge in [-0.15, -0.1) is 0 Å². The highest BCUT2D eigenvalue weighted by molar-refractivity contribution is 7.99. The monoisotopic (exact) mass is 676 g/mol. The molecule has 0 aromatic heterocycles. The molecule has 3 saturated carbocycles. The summed E-state index contributed by atoms with van der Waals surface area (Å²) in [6.45, 7) is 34.6. The van der Waals surface area contributed by atoms with Crippen LogP contribution in [0.25, 0.3) is 0 Å². The van der Waals surface area contributed by atoms with Crippen LogP contribution in [-0.2, 0) is 13.6 Å². The van der Waals surface area contributed by atoms with Crippen molar-refractivity contribution in [1.82, 2.24) is 0 Å². The number of rotatable bonds is 9. The first-order chi connectivity index (χ1) is 20.2. The minimum absolute atomic E-state index is 0.0132. The zero-order valence-electron chi connectivity index (χ0n) is 31.6. The van der Waals surface area contributed by atoms with Crippen molar-refractivity contribution < 1.29 is 18.8 Å². The Morgan fingerprint density at radius 2 is 1.51 bits per heavy atom. The third kappa shape index (κ3) is 7.11. The Morgan fingerprint density at radius 1 is 0.933 bits per heavy atom. The van der Waals surface area contributed by atoms with Gasteiger partial charge in [-0.2, -0.15) is 11.8 Å². The van der Waals surface area contributed by atoms with Gasteiger partial charge in [0, 0.05) is 23.0 Å². The van der Waals surface area contributed by atoms with Gasteiger partial charge >= 0.3 is 0 Å². The molecule has 8 atom stereocenters. The quantitative estimate of drug-likeness (QED) is 0.246. The van der Waals surface area contributed by atoms with Crippen molar-refractivity contribution in [2.45, 2.75) is 174 Å². The molecule has 0 spiro atoms. The van der Waals surface area contributed by atoms with E-state index in [9.17, 15) is 9.90 Å². The van der Waals surface area contributed by atoms with E-state index < -0.39 is 22.2 Å². The third-order valence-corrected chi connectivity index (χ3v) is 23.9. The summed E-state index contributed by atoms with van der Waals surface area (Å²) in [6.07, 6.45) is 10.7. The fourth-order valence-electron chi connectivity index (χ4n) is 8.62. The molecule has 0 aromatic carbocycles. The van der Waals surface area contributed by atoms with Crippen LogP contribution >= 0.6 is 11.8 Å². The molecule has 3 fully saturated rings. The number of hydrogen-bond donors (Lipinski definition) is 1. The molecule has 45 heavy (non-hydrogen) atoms. The van der Waals surface area contributed by atoms with E-state index in [-0.39, 0.29) is 44.3 Å². The summed E-state index contributed by atoms with van der Waals surface area (Å²) in [5.41, 5.74) is 2.27. The van der Waals surface area contributed by atoms with Gasteiger partial charge in [-0.05, 0) is 105 Å². The normalized spacial score (nSPS) is 35.3. The number of carbonyl (C=O) groups is 1. The molecule has 0 aromatic rings. The van der Waals surface area contributed by atoms with E-state index in [1.54, 1.807) is 0 Å². The van der Waals surface area contributed by atoms with Gasteiger partial charge in [-0.1, -0.05) is 85.6 Å². The van der Waals surface area contributed by atoms with Crippen LogP contribution in [0.15, 0.2) is 23.3 Å². The smallest absolute Gasteiger partial charge is 0.192 e. The fraction of sp³-hybridized carbons (Fsp3) is 0.868. The predicted octanol–water partition coefficient (Wildman–Crippen LogP) is 10.3. The predicted molar refractivity (Wildman–Crippen MR) is 198 cm³/mol. The van der Waals surface area contributed by atoms with Gasteiger partial charge in [0.2, 0.25) is 0 Å². The second-order valence-electron chi connectivity index (χ2n) is 19.4. The van der Waals surface area contributed by atoms with E-state index >= 15 is 0 Å². The lowest BCUT2D eigenvalue weighted by Crippen LogP contribution is -2.58. The Bertz CT molecular complexity index is 1190. The molecule has 4 rings (SSSR count). The van der Waals surface area contributed by atoms with E-state index in [2.05, 4.69) is 101 Å². The first-order valence-corrected chi connectivity index (χ1v) is 24.7. The van der Waals surface area contributed by atoms with Crippen molar-refractivity contribution in [1.29, 1.82) is 0 Å². The van der Waals surface area contributed by atoms with Crippen LogP contribution < -0.4 is 0 Å². The van der Waals surface area contributed by atoms with Gasteiger partial charge in [-0.25, -0.2) is 0 Å². The molecule has 0 heterocycles. The Labute approximate surface area is 283 Å². The summed E-state index contributed by atoms with van der Waals surface area (Å²) >= 11 is 1.88. The summed E-state index contributed by atoms with van der Waals surface area (Å²) in [5, 5.41) is 10.8. The number of ketones is 1. The Hall–Kier alpha value is -0.186. The molecule has 0 saturated heterocycles. The molecular formula is C38H68O4SSi2. The summed E-state index contributed by atoms with van der Waals surface area (Å²) in [6, 6.07) is 0. The molecule has 4 nitrogen and oxygen atoms in total. The Kier molecular flexibility index (Phi) is 10.3. The number of Topliss-reactive ketones (excluding diaryl/α,β-unsaturated/α-hetero) is 1. The maximum Gasteiger partial charge on any atom is 0.192 e. The third-order valence-electron chi connectivity index (χ3n) is 13.6. The molecule has 4 aliphatic rings. The number of aliphatic hydroxyl groups is 1. The van der Waals surface area contributed by atoms with Crippen LogP contribution in [0, 0.1) is 28.6 Å². The van der Waals surface area contributed by atoms with Crippen molar-refractivity contribution in [3.63, 3.8) is 0 Å². The maximum absolute atomic E-state index is 13.9. The highest BCUT2D eigenvalue weighted by atomic mass is 32.2. The lowest BCUT2D eigenvalue weighted by Gasteiger charge is -2.59. The molecule has 1 N–H and O–H groups in total. The van der Waals surface area contributed by atoms with Gasteiger partial charge in [0.1, 0.15) is 5.78 Å². The molecule has 0 amide bonds. The number of fused-ring (bicyclic) bond motifs is 5. The van der Waals surface area contributed by atoms with Crippen LogP contribution in [0.5, 0.6) is 0 Å². The van der Waals surface area contributed by atoms with E-state index in [1.165, 1.54) is 11.1 Å². The molecule has 0 radical (unpaired) electrons. The topological polar surface area (TPSA) is 55.8 Å². The molecule has 4 aliphatic carbocycles. The second kappa shape index (κ2) is 12.3. The molecule has 0 aliphatic heterocycles. The lowest BCUT2D eigenvalue weighted by atomic mass is 9.49. The van der Waals surface area contributed by atoms with Crippen molar-refractivity contribution in [2.75, 3.05) is 5.75 Å². The summed E-state index contributed by atoms with van der Waals surface area (Å²) in [5.74, 6) is 2.12. The molecule has 0 bridgehead atoms. The molecule has 258 valence electrons. The molecule has 7 heteroatoms. The van der Waals surface area contributed by atoms with Gasteiger partial charge in [-0.3, -0.25) is 4.79 Å². The first-order valence-electron chi connectivity index (χ1n) is 17.9. The average Bonchev–Trinajstić information content (AvgIpc) is 3.12. The van der Waals surface area contributed by atoms with Gasteiger partial charge in [0.05, 0.1) is 17.8 Å². The first kappa shape index (κ1) is 37.6. The number of thioether (sulfide) groups is 1. The Balaban J connectivity index is 1.69. The zero-order valence-corrected chi connectivity index (χ0v) is 34.5. The maximum atomic E-state index is 13.9. The fourth-order valence-corrected chi connectivity index (χ4v) is 13.0. The van der Waals surface area contributed by atoms with Crippen LogP contribution in [0.3, 0.4) is 0 Å². The number of carbonyl (C=O) groups excluding carboxylic acids is 1. The largest absolute Gasteiger partial charge is 0.414 e. The number of allylic oxidation sites excluding steroid dienone is 3. The lowest BCUT2D eigenvalue weighted by molar-refractivity contribution is -0.122. The SMILES string of the molecule is C[C@H](SCCC(C)(C)O)[C@H]1C(=O)C[C@H]2C3=CC=C4C[C@@H](O[Si](C)(C)C(C)(C)C)C[C@H](O[Si](C)(C)C(C)(C)C)[C@]4(C)[C@H]3CC[C@]12C. The number of hydrogen-bond acceptors (Lipinski definition) is 5. The highest BCUT2D eigenvalue weighted by Crippen LogP contribution is 2.66.